The number of sulfonamides is 1. The van der Waals surface area contributed by atoms with Crippen molar-refractivity contribution in [2.24, 2.45) is 0 Å². The van der Waals surface area contributed by atoms with Gasteiger partial charge in [0.25, 0.3) is 5.91 Å². The molecule has 13 heteroatoms. The first-order valence-electron chi connectivity index (χ1n) is 10.7. The van der Waals surface area contributed by atoms with Gasteiger partial charge in [0.1, 0.15) is 17.3 Å². The fourth-order valence-electron chi connectivity index (χ4n) is 3.70. The quantitative estimate of drug-likeness (QED) is 0.487. The first kappa shape index (κ1) is 23.9. The highest BCUT2D eigenvalue weighted by atomic mass is 32.2. The number of pyridine rings is 1. The number of carbonyl (C=O) groups is 1. The van der Waals surface area contributed by atoms with E-state index < -0.39 is 21.7 Å². The van der Waals surface area contributed by atoms with Crippen molar-refractivity contribution in [1.29, 1.82) is 0 Å². The fraction of sp³-hybridized carbons (Fsp3) is 0.381. The molecule has 3 heterocycles. The standard InChI is InChI=1S/C21H24FN7O4S/c1-3-7-34(32,33)28-10-14-8-16(17(22)9-15(14)11-28)21(31)24-19-6-4-5-18(23-19)20-25-26-27-29(20)13(2)12-30/h4-6,8-9,13,30H,3,7,10-12H2,1-2H3,(H,23,24,31)/t13-/m1/s1. The number of fused-ring (bicyclic) bond motifs is 1. The van der Waals surface area contributed by atoms with E-state index in [-0.39, 0.29) is 42.9 Å². The lowest BCUT2D eigenvalue weighted by molar-refractivity contribution is 0.102. The van der Waals surface area contributed by atoms with Gasteiger partial charge in [-0.2, -0.15) is 4.31 Å². The van der Waals surface area contributed by atoms with Gasteiger partial charge in [0.2, 0.25) is 15.8 Å². The average Bonchev–Trinajstić information content (AvgIpc) is 3.45. The molecule has 4 rings (SSSR count). The van der Waals surface area contributed by atoms with Crippen LogP contribution in [0, 0.1) is 5.82 Å². The van der Waals surface area contributed by atoms with Crippen LogP contribution in [-0.2, 0) is 23.1 Å². The van der Waals surface area contributed by atoms with Crippen molar-refractivity contribution in [3.63, 3.8) is 0 Å². The summed E-state index contributed by atoms with van der Waals surface area (Å²) in [4.78, 5) is 17.2. The maximum absolute atomic E-state index is 14.8. The first-order valence-corrected chi connectivity index (χ1v) is 12.3. The predicted molar refractivity (Wildman–Crippen MR) is 121 cm³/mol. The molecule has 11 nitrogen and oxygen atoms in total. The number of tetrazole rings is 1. The van der Waals surface area contributed by atoms with E-state index >= 15 is 0 Å². The third-order valence-corrected chi connectivity index (χ3v) is 7.45. The lowest BCUT2D eigenvalue weighted by Crippen LogP contribution is -2.27. The molecular formula is C21H24FN7O4S. The number of hydrogen-bond acceptors (Lipinski definition) is 8. The maximum atomic E-state index is 14.8. The Labute approximate surface area is 195 Å². The first-order chi connectivity index (χ1) is 16.2. The fourth-order valence-corrected chi connectivity index (χ4v) is 5.14. The van der Waals surface area contributed by atoms with Gasteiger partial charge in [-0.05, 0) is 59.2 Å². The summed E-state index contributed by atoms with van der Waals surface area (Å²) in [6.07, 6.45) is 0.481. The van der Waals surface area contributed by atoms with Crippen LogP contribution in [0.4, 0.5) is 10.2 Å². The van der Waals surface area contributed by atoms with Gasteiger partial charge < -0.3 is 10.4 Å². The third-order valence-electron chi connectivity index (χ3n) is 5.48. The molecule has 0 bridgehead atoms. The summed E-state index contributed by atoms with van der Waals surface area (Å²) in [5.74, 6) is -0.999. The Balaban J connectivity index is 1.55. The van der Waals surface area contributed by atoms with Gasteiger partial charge in [-0.1, -0.05) is 13.0 Å². The molecule has 3 aromatic rings. The van der Waals surface area contributed by atoms with Crippen molar-refractivity contribution in [3.8, 4) is 11.5 Å². The Morgan fingerprint density at radius 2 is 2.00 bits per heavy atom. The zero-order chi connectivity index (χ0) is 24.5. The Bertz CT molecular complexity index is 1330. The number of aromatic nitrogens is 5. The van der Waals surface area contributed by atoms with Crippen LogP contribution in [0.2, 0.25) is 0 Å². The highest BCUT2D eigenvalue weighted by Gasteiger charge is 2.30. The SMILES string of the molecule is CCCS(=O)(=O)N1Cc2cc(F)c(C(=O)Nc3cccc(-c4nnnn4[C@H](C)CO)n3)cc2C1. The molecule has 0 fully saturated rings. The van der Waals surface area contributed by atoms with Gasteiger partial charge >= 0.3 is 0 Å². The Morgan fingerprint density at radius 1 is 1.26 bits per heavy atom. The number of aliphatic hydroxyl groups is 1. The van der Waals surface area contributed by atoms with Crippen LogP contribution in [-0.4, -0.2) is 61.3 Å². The van der Waals surface area contributed by atoms with Crippen LogP contribution in [0.3, 0.4) is 0 Å². The van der Waals surface area contributed by atoms with Gasteiger partial charge in [0.05, 0.1) is 24.0 Å². The number of nitrogens with one attached hydrogen (secondary N) is 1. The van der Waals surface area contributed by atoms with E-state index in [4.69, 9.17) is 0 Å². The molecule has 0 saturated carbocycles. The van der Waals surface area contributed by atoms with Crippen LogP contribution in [0.5, 0.6) is 0 Å². The van der Waals surface area contributed by atoms with Crippen LogP contribution in [0.15, 0.2) is 30.3 Å². The summed E-state index contributed by atoms with van der Waals surface area (Å²) in [5.41, 5.74) is 1.28. The predicted octanol–water partition coefficient (Wildman–Crippen LogP) is 1.74. The molecule has 2 N–H and O–H groups in total. The van der Waals surface area contributed by atoms with E-state index in [1.54, 1.807) is 26.0 Å². The van der Waals surface area contributed by atoms with Crippen LogP contribution in [0.25, 0.3) is 11.5 Å². The molecule has 0 saturated heterocycles. The van der Waals surface area contributed by atoms with E-state index in [2.05, 4.69) is 25.8 Å². The molecule has 0 unspecified atom stereocenters. The molecule has 1 aliphatic rings. The number of carbonyl (C=O) groups excluding carboxylic acids is 1. The van der Waals surface area contributed by atoms with E-state index in [1.807, 2.05) is 0 Å². The summed E-state index contributed by atoms with van der Waals surface area (Å²) in [7, 11) is -3.44. The number of anilines is 1. The monoisotopic (exact) mass is 489 g/mol. The van der Waals surface area contributed by atoms with E-state index in [1.165, 1.54) is 27.2 Å². The number of rotatable bonds is 8. The smallest absolute Gasteiger partial charge is 0.259 e. The van der Waals surface area contributed by atoms with E-state index in [0.29, 0.717) is 29.1 Å². The lowest BCUT2D eigenvalue weighted by atomic mass is 10.1. The molecular weight excluding hydrogens is 465 g/mol. The van der Waals surface area contributed by atoms with Gasteiger partial charge in [-0.3, -0.25) is 4.79 Å². The number of aliphatic hydroxyl groups excluding tert-OH is 1. The van der Waals surface area contributed by atoms with Gasteiger partial charge in [-0.25, -0.2) is 22.5 Å². The third kappa shape index (κ3) is 4.67. The average molecular weight is 490 g/mol. The van der Waals surface area contributed by atoms with Crippen molar-refractivity contribution in [2.75, 3.05) is 17.7 Å². The van der Waals surface area contributed by atoms with Crippen molar-refractivity contribution in [3.05, 3.63) is 52.8 Å². The number of halogens is 1. The topological polar surface area (TPSA) is 143 Å². The molecule has 0 aliphatic carbocycles. The van der Waals surface area contributed by atoms with Crippen LogP contribution in [0.1, 0.15) is 47.8 Å². The lowest BCUT2D eigenvalue weighted by Gasteiger charge is -2.14. The Hall–Kier alpha value is -3.29. The summed E-state index contributed by atoms with van der Waals surface area (Å²) in [5, 5.41) is 23.4. The molecule has 180 valence electrons. The zero-order valence-electron chi connectivity index (χ0n) is 18.6. The summed E-state index contributed by atoms with van der Waals surface area (Å²) >= 11 is 0. The minimum absolute atomic E-state index is 0.0131. The molecule has 0 spiro atoms. The second-order valence-corrected chi connectivity index (χ2v) is 10.1. The minimum Gasteiger partial charge on any atom is -0.394 e. The molecule has 1 amide bonds. The Kier molecular flexibility index (Phi) is 6.68. The summed E-state index contributed by atoms with van der Waals surface area (Å²) in [6, 6.07) is 7.02. The van der Waals surface area contributed by atoms with Crippen molar-refractivity contribution in [1.82, 2.24) is 29.5 Å². The summed E-state index contributed by atoms with van der Waals surface area (Å²) in [6.45, 7) is 3.51. The number of benzene rings is 1. The van der Waals surface area contributed by atoms with Gasteiger partial charge in [-0.15, -0.1) is 5.10 Å². The van der Waals surface area contributed by atoms with Crippen LogP contribution >= 0.6 is 0 Å². The second kappa shape index (κ2) is 9.52. The number of amides is 1. The summed E-state index contributed by atoms with van der Waals surface area (Å²) < 4.78 is 42.2. The van der Waals surface area contributed by atoms with Crippen molar-refractivity contribution in [2.45, 2.75) is 39.4 Å². The molecule has 34 heavy (non-hydrogen) atoms. The van der Waals surface area contributed by atoms with Crippen molar-refractivity contribution >= 4 is 21.7 Å². The van der Waals surface area contributed by atoms with Crippen molar-refractivity contribution < 1.29 is 22.7 Å². The number of nitrogens with zero attached hydrogens (tertiary/aromatic N) is 6. The Morgan fingerprint density at radius 3 is 2.71 bits per heavy atom. The molecule has 2 aromatic heterocycles. The number of hydrogen-bond donors (Lipinski definition) is 2. The second-order valence-electron chi connectivity index (χ2n) is 8.03. The molecule has 0 radical (unpaired) electrons. The highest BCUT2D eigenvalue weighted by Crippen LogP contribution is 2.29. The molecule has 1 aliphatic heterocycles. The highest BCUT2D eigenvalue weighted by molar-refractivity contribution is 7.89. The zero-order valence-corrected chi connectivity index (χ0v) is 19.5. The molecule has 1 atom stereocenters. The minimum atomic E-state index is -3.44. The largest absolute Gasteiger partial charge is 0.394 e. The van der Waals surface area contributed by atoms with E-state index in [9.17, 15) is 22.7 Å². The molecule has 1 aromatic carbocycles. The normalized spacial score (nSPS) is 14.7. The maximum Gasteiger partial charge on any atom is 0.259 e. The van der Waals surface area contributed by atoms with Gasteiger partial charge in [0, 0.05) is 13.1 Å². The van der Waals surface area contributed by atoms with Gasteiger partial charge in [0.15, 0.2) is 0 Å². The van der Waals surface area contributed by atoms with E-state index in [0.717, 1.165) is 0 Å². The van der Waals surface area contributed by atoms with Crippen LogP contribution < -0.4 is 5.32 Å².